The van der Waals surface area contributed by atoms with E-state index in [2.05, 4.69) is 65.7 Å². The summed E-state index contributed by atoms with van der Waals surface area (Å²) in [6.45, 7) is 6.22. The molecule has 21 heavy (non-hydrogen) atoms. The molecule has 1 aromatic heterocycles. The molecule has 4 heteroatoms. The Morgan fingerprint density at radius 3 is 2.67 bits per heavy atom. The van der Waals surface area contributed by atoms with Gasteiger partial charge in [0.1, 0.15) is 0 Å². The molecule has 1 heterocycles. The highest BCUT2D eigenvalue weighted by molar-refractivity contribution is 7.09. The van der Waals surface area contributed by atoms with Crippen molar-refractivity contribution in [2.24, 2.45) is 0 Å². The largest absolute Gasteiger partial charge is 0.313 e. The van der Waals surface area contributed by atoms with Gasteiger partial charge < -0.3 is 10.2 Å². The number of rotatable bonds is 7. The molecule has 0 radical (unpaired) electrons. The van der Waals surface area contributed by atoms with E-state index in [1.165, 1.54) is 16.8 Å². The molecule has 0 saturated carbocycles. The quantitative estimate of drug-likeness (QED) is 0.848. The molecule has 1 N–H and O–H groups in total. The topological polar surface area (TPSA) is 28.2 Å². The molecule has 1 aromatic carbocycles. The molecule has 0 bridgehead atoms. The minimum Gasteiger partial charge on any atom is -0.313 e. The third-order valence-electron chi connectivity index (χ3n) is 3.81. The first-order chi connectivity index (χ1) is 10.1. The van der Waals surface area contributed by atoms with Crippen LogP contribution in [0, 0.1) is 13.8 Å². The number of aromatic nitrogens is 1. The molecular weight excluding hydrogens is 278 g/mol. The maximum atomic E-state index is 4.53. The summed E-state index contributed by atoms with van der Waals surface area (Å²) >= 11 is 1.72. The zero-order valence-corrected chi connectivity index (χ0v) is 14.2. The fourth-order valence-corrected chi connectivity index (χ4v) is 3.22. The molecule has 0 aliphatic rings. The van der Waals surface area contributed by atoms with Crippen molar-refractivity contribution in [1.82, 2.24) is 15.2 Å². The van der Waals surface area contributed by atoms with E-state index in [0.29, 0.717) is 6.04 Å². The van der Waals surface area contributed by atoms with Crippen molar-refractivity contribution in [2.75, 3.05) is 20.6 Å². The number of nitrogens with one attached hydrogen (secondary N) is 1. The maximum absolute atomic E-state index is 4.53. The van der Waals surface area contributed by atoms with E-state index >= 15 is 0 Å². The average Bonchev–Trinajstić information content (AvgIpc) is 2.86. The molecule has 0 fully saturated rings. The maximum Gasteiger partial charge on any atom is 0.0897 e. The van der Waals surface area contributed by atoms with Gasteiger partial charge in [0.25, 0.3) is 0 Å². The Balaban J connectivity index is 1.89. The third kappa shape index (κ3) is 4.63. The van der Waals surface area contributed by atoms with E-state index in [4.69, 9.17) is 0 Å². The lowest BCUT2D eigenvalue weighted by atomic mass is 9.99. The Morgan fingerprint density at radius 1 is 1.29 bits per heavy atom. The van der Waals surface area contributed by atoms with Crippen LogP contribution in [0.1, 0.15) is 34.3 Å². The molecule has 3 nitrogen and oxygen atoms in total. The van der Waals surface area contributed by atoms with Gasteiger partial charge in [-0.25, -0.2) is 4.98 Å². The summed E-state index contributed by atoms with van der Waals surface area (Å²) in [6.07, 6.45) is 1.10. The number of hydrogen-bond acceptors (Lipinski definition) is 4. The van der Waals surface area contributed by atoms with Crippen molar-refractivity contribution < 1.29 is 0 Å². The molecule has 1 unspecified atom stereocenters. The summed E-state index contributed by atoms with van der Waals surface area (Å²) in [4.78, 5) is 6.88. The number of benzene rings is 1. The average molecular weight is 303 g/mol. The van der Waals surface area contributed by atoms with Crippen molar-refractivity contribution in [1.29, 1.82) is 0 Å². The van der Waals surface area contributed by atoms with E-state index in [-0.39, 0.29) is 0 Å². The molecule has 2 rings (SSSR count). The summed E-state index contributed by atoms with van der Waals surface area (Å²) in [5.74, 6) is 0. The van der Waals surface area contributed by atoms with Crippen molar-refractivity contribution in [3.05, 3.63) is 51.5 Å². The van der Waals surface area contributed by atoms with Crippen LogP contribution >= 0.6 is 11.3 Å². The fraction of sp³-hybridized carbons (Fsp3) is 0.471. The third-order valence-corrected chi connectivity index (χ3v) is 4.63. The normalized spacial score (nSPS) is 12.8. The number of nitrogens with zero attached hydrogens (tertiary/aromatic N) is 2. The zero-order valence-electron chi connectivity index (χ0n) is 13.4. The van der Waals surface area contributed by atoms with Gasteiger partial charge in [-0.05, 0) is 45.5 Å². The molecule has 0 aliphatic carbocycles. The first kappa shape index (κ1) is 16.1. The van der Waals surface area contributed by atoms with Crippen molar-refractivity contribution in [3.63, 3.8) is 0 Å². The van der Waals surface area contributed by atoms with Gasteiger partial charge in [0, 0.05) is 24.5 Å². The van der Waals surface area contributed by atoms with Crippen molar-refractivity contribution in [2.45, 2.75) is 32.9 Å². The van der Waals surface area contributed by atoms with Gasteiger partial charge in [0.2, 0.25) is 0 Å². The Kier molecular flexibility index (Phi) is 5.91. The molecule has 1 atom stereocenters. The van der Waals surface area contributed by atoms with Crippen LogP contribution in [0.2, 0.25) is 0 Å². The molecule has 0 saturated heterocycles. The van der Waals surface area contributed by atoms with Gasteiger partial charge in [-0.3, -0.25) is 0 Å². The zero-order chi connectivity index (χ0) is 15.2. The van der Waals surface area contributed by atoms with Gasteiger partial charge in [-0.15, -0.1) is 11.3 Å². The first-order valence-corrected chi connectivity index (χ1v) is 8.30. The van der Waals surface area contributed by atoms with Gasteiger partial charge >= 0.3 is 0 Å². The predicted octanol–water partition coefficient (Wildman–Crippen LogP) is 3.54. The first-order valence-electron chi connectivity index (χ1n) is 7.42. The predicted molar refractivity (Wildman–Crippen MR) is 90.8 cm³/mol. The second-order valence-electron chi connectivity index (χ2n) is 5.58. The van der Waals surface area contributed by atoms with Crippen LogP contribution < -0.4 is 5.32 Å². The van der Waals surface area contributed by atoms with E-state index in [1.54, 1.807) is 11.3 Å². The second-order valence-corrected chi connectivity index (χ2v) is 6.64. The summed E-state index contributed by atoms with van der Waals surface area (Å²) in [6, 6.07) is 9.03. The summed E-state index contributed by atoms with van der Waals surface area (Å²) < 4.78 is 0. The minimum atomic E-state index is 0.408. The lowest BCUT2D eigenvalue weighted by Crippen LogP contribution is -2.25. The Bertz CT molecular complexity index is 565. The molecule has 0 amide bonds. The van der Waals surface area contributed by atoms with Crippen LogP contribution in [0.5, 0.6) is 0 Å². The molecule has 0 aliphatic heterocycles. The van der Waals surface area contributed by atoms with Crippen LogP contribution in [0.15, 0.2) is 29.6 Å². The van der Waals surface area contributed by atoms with Crippen molar-refractivity contribution >= 4 is 11.3 Å². The lowest BCUT2D eigenvalue weighted by molar-refractivity contribution is 0.301. The number of thiazole rings is 1. The molecular formula is C17H25N3S. The van der Waals surface area contributed by atoms with Gasteiger partial charge in [0.15, 0.2) is 0 Å². The van der Waals surface area contributed by atoms with Crippen molar-refractivity contribution in [3.8, 4) is 0 Å². The van der Waals surface area contributed by atoms with Crippen LogP contribution in [0.25, 0.3) is 0 Å². The highest BCUT2D eigenvalue weighted by Gasteiger charge is 2.12. The van der Waals surface area contributed by atoms with Crippen LogP contribution in [0.3, 0.4) is 0 Å². The summed E-state index contributed by atoms with van der Waals surface area (Å²) in [5, 5.41) is 6.74. The summed E-state index contributed by atoms with van der Waals surface area (Å²) in [7, 11) is 4.21. The number of aryl methyl sites for hydroxylation is 2. The van der Waals surface area contributed by atoms with Gasteiger partial charge in [0.05, 0.1) is 10.7 Å². The van der Waals surface area contributed by atoms with E-state index in [1.807, 2.05) is 7.05 Å². The fourth-order valence-electron chi connectivity index (χ4n) is 2.62. The second kappa shape index (κ2) is 7.69. The molecule has 2 aromatic rings. The highest BCUT2D eigenvalue weighted by atomic mass is 32.1. The summed E-state index contributed by atoms with van der Waals surface area (Å²) in [5.41, 5.74) is 3.93. The molecule has 0 spiro atoms. The van der Waals surface area contributed by atoms with Gasteiger partial charge in [-0.2, -0.15) is 0 Å². The molecule has 114 valence electrons. The van der Waals surface area contributed by atoms with E-state index in [0.717, 1.165) is 24.5 Å². The van der Waals surface area contributed by atoms with Gasteiger partial charge in [-0.1, -0.05) is 24.3 Å². The Hall–Kier alpha value is -1.23. The Labute approximate surface area is 132 Å². The standard InChI is InChI=1S/C17H25N3S/c1-13-7-5-6-8-16(13)17(18-3)9-10-20(4)11-15-12-21-14(2)19-15/h5-8,12,17-18H,9-11H2,1-4H3. The van der Waals surface area contributed by atoms with E-state index in [9.17, 15) is 0 Å². The van der Waals surface area contributed by atoms with E-state index < -0.39 is 0 Å². The monoisotopic (exact) mass is 303 g/mol. The lowest BCUT2D eigenvalue weighted by Gasteiger charge is -2.22. The minimum absolute atomic E-state index is 0.408. The number of hydrogen-bond donors (Lipinski definition) is 1. The Morgan fingerprint density at radius 2 is 2.05 bits per heavy atom. The van der Waals surface area contributed by atoms with Crippen LogP contribution in [-0.2, 0) is 6.54 Å². The SMILES string of the molecule is CNC(CCN(C)Cc1csc(C)n1)c1ccccc1C. The van der Waals surface area contributed by atoms with Crippen LogP contribution in [0.4, 0.5) is 0 Å². The highest BCUT2D eigenvalue weighted by Crippen LogP contribution is 2.20. The smallest absolute Gasteiger partial charge is 0.0897 e. The van der Waals surface area contributed by atoms with Crippen LogP contribution in [-0.4, -0.2) is 30.5 Å².